The summed E-state index contributed by atoms with van der Waals surface area (Å²) >= 11 is 0. The predicted molar refractivity (Wildman–Crippen MR) is 119 cm³/mol. The van der Waals surface area contributed by atoms with Gasteiger partial charge in [-0.1, -0.05) is 31.4 Å². The summed E-state index contributed by atoms with van der Waals surface area (Å²) in [7, 11) is 0. The van der Waals surface area contributed by atoms with Crippen LogP contribution < -0.4 is 0 Å². The number of nitrogens with zero attached hydrogens (tertiary/aromatic N) is 7. The summed E-state index contributed by atoms with van der Waals surface area (Å²) in [5, 5.41) is 13.0. The predicted octanol–water partition coefficient (Wildman–Crippen LogP) is 3.62. The summed E-state index contributed by atoms with van der Waals surface area (Å²) in [6, 6.07) is 11.3. The molecule has 168 valence electrons. The largest absolute Gasteiger partial charge is 0.297 e. The van der Waals surface area contributed by atoms with Gasteiger partial charge in [-0.2, -0.15) is 0 Å². The van der Waals surface area contributed by atoms with E-state index in [4.69, 9.17) is 0 Å². The molecule has 2 aromatic heterocycles. The fourth-order valence-electron chi connectivity index (χ4n) is 5.06. The third kappa shape index (κ3) is 4.71. The molecule has 1 saturated carbocycles. The zero-order chi connectivity index (χ0) is 21.8. The highest BCUT2D eigenvalue weighted by Gasteiger charge is 2.32. The number of piperazine rings is 1. The molecule has 3 aromatic rings. The fourth-order valence-corrected chi connectivity index (χ4v) is 5.06. The lowest BCUT2D eigenvalue weighted by Crippen LogP contribution is -2.48. The van der Waals surface area contributed by atoms with E-state index in [2.05, 4.69) is 47.1 Å². The molecule has 5 rings (SSSR count). The van der Waals surface area contributed by atoms with Gasteiger partial charge in [0.05, 0.1) is 12.1 Å². The smallest absolute Gasteiger partial charge is 0.173 e. The molecule has 1 aromatic carbocycles. The molecule has 0 bridgehead atoms. The normalized spacial score (nSPS) is 19.8. The Kier molecular flexibility index (Phi) is 6.50. The van der Waals surface area contributed by atoms with E-state index in [1.165, 1.54) is 37.0 Å². The molecule has 32 heavy (non-hydrogen) atoms. The van der Waals surface area contributed by atoms with Crippen molar-refractivity contribution in [1.29, 1.82) is 0 Å². The summed E-state index contributed by atoms with van der Waals surface area (Å²) in [4.78, 5) is 9.03. The van der Waals surface area contributed by atoms with Crippen LogP contribution in [-0.2, 0) is 6.54 Å². The van der Waals surface area contributed by atoms with Crippen LogP contribution in [0.1, 0.15) is 61.1 Å². The van der Waals surface area contributed by atoms with Crippen molar-refractivity contribution in [3.8, 4) is 0 Å². The van der Waals surface area contributed by atoms with Crippen LogP contribution in [0.25, 0.3) is 0 Å². The second kappa shape index (κ2) is 9.83. The van der Waals surface area contributed by atoms with Crippen LogP contribution in [0.4, 0.5) is 4.39 Å². The van der Waals surface area contributed by atoms with E-state index in [1.54, 1.807) is 0 Å². The van der Waals surface area contributed by atoms with Crippen LogP contribution in [0.15, 0.2) is 48.8 Å². The van der Waals surface area contributed by atoms with Gasteiger partial charge in [0.2, 0.25) is 0 Å². The Bertz CT molecular complexity index is 977. The van der Waals surface area contributed by atoms with Gasteiger partial charge in [-0.05, 0) is 58.7 Å². The minimum absolute atomic E-state index is 0.0735. The Labute approximate surface area is 188 Å². The topological polar surface area (TPSA) is 63.0 Å². The molecule has 1 aliphatic heterocycles. The Morgan fingerprint density at radius 2 is 1.62 bits per heavy atom. The number of hydrogen-bond donors (Lipinski definition) is 0. The van der Waals surface area contributed by atoms with E-state index >= 15 is 0 Å². The van der Waals surface area contributed by atoms with Crippen molar-refractivity contribution in [3.05, 3.63) is 71.6 Å². The van der Waals surface area contributed by atoms with Crippen LogP contribution in [0.3, 0.4) is 0 Å². The van der Waals surface area contributed by atoms with Gasteiger partial charge in [-0.3, -0.25) is 14.8 Å². The summed E-state index contributed by atoms with van der Waals surface area (Å²) in [5.74, 6) is 0.660. The van der Waals surface area contributed by atoms with E-state index in [0.717, 1.165) is 57.0 Å². The van der Waals surface area contributed by atoms with Gasteiger partial charge in [0.15, 0.2) is 5.82 Å². The highest BCUT2D eigenvalue weighted by atomic mass is 19.1. The zero-order valence-corrected chi connectivity index (χ0v) is 18.4. The SMILES string of the molecule is Fc1ccc([C@@H](c2nnnn2C2CCCCC2)N2CCN(Cc3ccncc3)CC2)cc1. The van der Waals surface area contributed by atoms with Crippen LogP contribution in [0.2, 0.25) is 0 Å². The standard InChI is InChI=1S/C24H30FN7/c25-21-8-6-20(7-9-21)23(24-27-28-29-32(24)22-4-2-1-3-5-22)31-16-14-30(15-17-31)18-19-10-12-26-13-11-19/h6-13,22-23H,1-5,14-18H2/t23-/m0/s1. The van der Waals surface area contributed by atoms with Crippen LogP contribution in [0, 0.1) is 5.82 Å². The second-order valence-corrected chi connectivity index (χ2v) is 8.90. The van der Waals surface area contributed by atoms with Gasteiger partial charge in [0, 0.05) is 45.1 Å². The van der Waals surface area contributed by atoms with Gasteiger partial charge in [-0.15, -0.1) is 5.10 Å². The first kappa shape index (κ1) is 21.2. The molecule has 3 heterocycles. The van der Waals surface area contributed by atoms with Gasteiger partial charge < -0.3 is 0 Å². The molecule has 1 atom stereocenters. The van der Waals surface area contributed by atoms with Crippen molar-refractivity contribution >= 4 is 0 Å². The number of hydrogen-bond acceptors (Lipinski definition) is 6. The molecule has 0 radical (unpaired) electrons. The first-order valence-corrected chi connectivity index (χ1v) is 11.7. The first-order chi connectivity index (χ1) is 15.8. The number of aromatic nitrogens is 5. The van der Waals surface area contributed by atoms with Gasteiger partial charge in [0.1, 0.15) is 5.82 Å². The molecular weight excluding hydrogens is 405 g/mol. The molecule has 0 amide bonds. The third-order valence-corrected chi connectivity index (χ3v) is 6.80. The van der Waals surface area contributed by atoms with E-state index in [-0.39, 0.29) is 11.9 Å². The van der Waals surface area contributed by atoms with Crippen molar-refractivity contribution in [2.75, 3.05) is 26.2 Å². The summed E-state index contributed by atoms with van der Waals surface area (Å²) < 4.78 is 15.7. The van der Waals surface area contributed by atoms with Crippen molar-refractivity contribution in [3.63, 3.8) is 0 Å². The van der Waals surface area contributed by atoms with Crippen LogP contribution in [-0.4, -0.2) is 61.2 Å². The maximum Gasteiger partial charge on any atom is 0.173 e. The molecule has 2 aliphatic rings. The lowest BCUT2D eigenvalue weighted by molar-refractivity contribution is 0.0986. The van der Waals surface area contributed by atoms with E-state index in [1.807, 2.05) is 24.5 Å². The highest BCUT2D eigenvalue weighted by Crippen LogP contribution is 2.33. The number of benzene rings is 1. The number of rotatable bonds is 6. The lowest BCUT2D eigenvalue weighted by Gasteiger charge is -2.39. The Balaban J connectivity index is 1.37. The molecule has 1 aliphatic carbocycles. The average molecular weight is 436 g/mol. The van der Waals surface area contributed by atoms with Crippen molar-refractivity contribution < 1.29 is 4.39 Å². The molecule has 7 nitrogen and oxygen atoms in total. The molecule has 1 saturated heterocycles. The maximum atomic E-state index is 13.7. The first-order valence-electron chi connectivity index (χ1n) is 11.7. The van der Waals surface area contributed by atoms with Gasteiger partial charge in [0.25, 0.3) is 0 Å². The molecule has 8 heteroatoms. The summed E-state index contributed by atoms with van der Waals surface area (Å²) in [5.41, 5.74) is 2.32. The molecule has 2 fully saturated rings. The minimum atomic E-state index is -0.221. The average Bonchev–Trinajstić information content (AvgIpc) is 3.32. The Morgan fingerprint density at radius 1 is 0.906 bits per heavy atom. The van der Waals surface area contributed by atoms with Gasteiger partial charge >= 0.3 is 0 Å². The number of tetrazole rings is 1. The quantitative estimate of drug-likeness (QED) is 0.589. The molecule has 0 unspecified atom stereocenters. The molecule has 0 spiro atoms. The van der Waals surface area contributed by atoms with Crippen LogP contribution >= 0.6 is 0 Å². The summed E-state index contributed by atoms with van der Waals surface area (Å²) in [6.45, 7) is 4.67. The summed E-state index contributed by atoms with van der Waals surface area (Å²) in [6.07, 6.45) is 9.66. The molecule has 0 N–H and O–H groups in total. The Hall–Kier alpha value is -2.71. The highest BCUT2D eigenvalue weighted by molar-refractivity contribution is 5.26. The van der Waals surface area contributed by atoms with Crippen molar-refractivity contribution in [2.24, 2.45) is 0 Å². The number of halogens is 1. The monoisotopic (exact) mass is 435 g/mol. The number of pyridine rings is 1. The third-order valence-electron chi connectivity index (χ3n) is 6.80. The van der Waals surface area contributed by atoms with Gasteiger partial charge in [-0.25, -0.2) is 9.07 Å². The minimum Gasteiger partial charge on any atom is -0.297 e. The second-order valence-electron chi connectivity index (χ2n) is 8.90. The Morgan fingerprint density at radius 3 is 2.34 bits per heavy atom. The van der Waals surface area contributed by atoms with Crippen molar-refractivity contribution in [2.45, 2.75) is 50.7 Å². The van der Waals surface area contributed by atoms with Crippen LogP contribution in [0.5, 0.6) is 0 Å². The molecular formula is C24H30FN7. The van der Waals surface area contributed by atoms with E-state index in [9.17, 15) is 4.39 Å². The lowest BCUT2D eigenvalue weighted by atomic mass is 9.95. The van der Waals surface area contributed by atoms with E-state index < -0.39 is 0 Å². The van der Waals surface area contributed by atoms with Crippen molar-refractivity contribution in [1.82, 2.24) is 35.0 Å². The fraction of sp³-hybridized carbons (Fsp3) is 0.500. The van der Waals surface area contributed by atoms with E-state index in [0.29, 0.717) is 6.04 Å². The zero-order valence-electron chi connectivity index (χ0n) is 18.4. The maximum absolute atomic E-state index is 13.7.